The third-order valence-electron chi connectivity index (χ3n) is 3.17. The van der Waals surface area contributed by atoms with Crippen LogP contribution < -0.4 is 0 Å². The van der Waals surface area contributed by atoms with Crippen LogP contribution >= 0.6 is 0 Å². The fourth-order valence-electron chi connectivity index (χ4n) is 2.00. The number of unbranched alkanes of at least 4 members (excludes halogenated alkanes) is 7. The van der Waals surface area contributed by atoms with Crippen LogP contribution in [0, 0.1) is 0 Å². The van der Waals surface area contributed by atoms with Gasteiger partial charge in [-0.25, -0.2) is 4.79 Å². The molecule has 0 radical (unpaired) electrons. The van der Waals surface area contributed by atoms with E-state index in [0.717, 1.165) is 19.3 Å². The van der Waals surface area contributed by atoms with E-state index in [4.69, 9.17) is 10.6 Å². The molecule has 0 aromatic heterocycles. The van der Waals surface area contributed by atoms with Gasteiger partial charge in [0.1, 0.15) is 0 Å². The normalized spacial score (nSPS) is 13.6. The standard InChI is InChI=1S/C13H25N3O3/c1-2-3-4-5-6-7-8-9-10-11(15-16-14)12(17)13(18)19/h11-12,17H,2-10H2,1H3,(H,18,19)/t11-,12+/m1/s1. The smallest absolute Gasteiger partial charge is 0.332 e. The van der Waals surface area contributed by atoms with Gasteiger partial charge in [-0.1, -0.05) is 63.4 Å². The Morgan fingerprint density at radius 3 is 2.16 bits per heavy atom. The van der Waals surface area contributed by atoms with Crippen LogP contribution in [0.2, 0.25) is 0 Å². The fourth-order valence-corrected chi connectivity index (χ4v) is 2.00. The van der Waals surface area contributed by atoms with E-state index < -0.39 is 18.1 Å². The molecule has 0 aliphatic heterocycles. The van der Waals surface area contributed by atoms with Crippen LogP contribution in [0.5, 0.6) is 0 Å². The molecule has 0 aromatic carbocycles. The van der Waals surface area contributed by atoms with Gasteiger partial charge in [-0.15, -0.1) is 0 Å². The van der Waals surface area contributed by atoms with Gasteiger partial charge in [-0.2, -0.15) is 0 Å². The average Bonchev–Trinajstić information content (AvgIpc) is 2.39. The fraction of sp³-hybridized carbons (Fsp3) is 0.923. The largest absolute Gasteiger partial charge is 0.479 e. The van der Waals surface area contributed by atoms with E-state index >= 15 is 0 Å². The molecule has 0 aliphatic rings. The van der Waals surface area contributed by atoms with Crippen molar-refractivity contribution in [1.29, 1.82) is 0 Å². The molecule has 0 saturated heterocycles. The molecule has 19 heavy (non-hydrogen) atoms. The number of nitrogens with zero attached hydrogens (tertiary/aromatic N) is 3. The Labute approximate surface area is 114 Å². The Hall–Kier alpha value is -1.26. The van der Waals surface area contributed by atoms with Crippen molar-refractivity contribution in [2.24, 2.45) is 5.11 Å². The third-order valence-corrected chi connectivity index (χ3v) is 3.17. The molecule has 0 bridgehead atoms. The SMILES string of the molecule is CCCCCCCCCC[C@@H](N=[N+]=[N-])[C@H](O)C(=O)O. The maximum Gasteiger partial charge on any atom is 0.332 e. The second-order valence-electron chi connectivity index (χ2n) is 4.82. The maximum atomic E-state index is 10.6. The first-order valence-corrected chi connectivity index (χ1v) is 7.08. The molecule has 0 unspecified atom stereocenters. The van der Waals surface area contributed by atoms with Gasteiger partial charge in [0.25, 0.3) is 0 Å². The molecule has 0 saturated carbocycles. The minimum absolute atomic E-state index is 0.423. The Kier molecular flexibility index (Phi) is 11.0. The van der Waals surface area contributed by atoms with Crippen LogP contribution in [0.25, 0.3) is 10.4 Å². The molecule has 2 atom stereocenters. The summed E-state index contributed by atoms with van der Waals surface area (Å²) in [5, 5.41) is 21.4. The van der Waals surface area contributed by atoms with E-state index in [1.165, 1.54) is 32.1 Å². The molecule has 0 spiro atoms. The predicted molar refractivity (Wildman–Crippen MR) is 73.8 cm³/mol. The number of carboxylic acid groups (broad SMARTS) is 1. The summed E-state index contributed by atoms with van der Waals surface area (Å²) in [4.78, 5) is 13.2. The summed E-state index contributed by atoms with van der Waals surface area (Å²) in [5.41, 5.74) is 8.34. The van der Waals surface area contributed by atoms with Gasteiger partial charge < -0.3 is 10.2 Å². The van der Waals surface area contributed by atoms with Crippen molar-refractivity contribution >= 4 is 5.97 Å². The Balaban J connectivity index is 3.71. The number of carbonyl (C=O) groups is 1. The lowest BCUT2D eigenvalue weighted by atomic mass is 10.0. The number of aliphatic hydroxyl groups is 1. The Morgan fingerprint density at radius 1 is 1.16 bits per heavy atom. The molecule has 6 heteroatoms. The zero-order valence-electron chi connectivity index (χ0n) is 11.7. The van der Waals surface area contributed by atoms with Gasteiger partial charge in [0.05, 0.1) is 6.04 Å². The molecule has 6 nitrogen and oxygen atoms in total. The second kappa shape index (κ2) is 11.8. The summed E-state index contributed by atoms with van der Waals surface area (Å²) in [7, 11) is 0. The van der Waals surface area contributed by atoms with Crippen molar-refractivity contribution in [2.45, 2.75) is 76.9 Å². The zero-order valence-corrected chi connectivity index (χ0v) is 11.7. The quantitative estimate of drug-likeness (QED) is 0.245. The second-order valence-corrected chi connectivity index (χ2v) is 4.82. The summed E-state index contributed by atoms with van der Waals surface area (Å²) < 4.78 is 0. The highest BCUT2D eigenvalue weighted by Crippen LogP contribution is 2.14. The highest BCUT2D eigenvalue weighted by atomic mass is 16.4. The van der Waals surface area contributed by atoms with Crippen LogP contribution in [-0.4, -0.2) is 28.3 Å². The predicted octanol–water partition coefficient (Wildman–Crippen LogP) is 3.64. The molecule has 110 valence electrons. The van der Waals surface area contributed by atoms with Gasteiger partial charge in [0, 0.05) is 4.91 Å². The third kappa shape index (κ3) is 9.33. The van der Waals surface area contributed by atoms with E-state index in [0.29, 0.717) is 6.42 Å². The van der Waals surface area contributed by atoms with Crippen molar-refractivity contribution in [1.82, 2.24) is 0 Å². The lowest BCUT2D eigenvalue weighted by Gasteiger charge is -2.14. The van der Waals surface area contributed by atoms with Crippen LogP contribution in [0.4, 0.5) is 0 Å². The van der Waals surface area contributed by atoms with E-state index in [1.54, 1.807) is 0 Å². The van der Waals surface area contributed by atoms with Crippen molar-refractivity contribution in [3.05, 3.63) is 10.4 Å². The van der Waals surface area contributed by atoms with Crippen LogP contribution in [0.1, 0.15) is 64.7 Å². The van der Waals surface area contributed by atoms with Crippen LogP contribution in [0.15, 0.2) is 5.11 Å². The number of carboxylic acids is 1. The molecule has 0 rings (SSSR count). The first-order valence-electron chi connectivity index (χ1n) is 7.08. The van der Waals surface area contributed by atoms with E-state index in [1.807, 2.05) is 0 Å². The highest BCUT2D eigenvalue weighted by molar-refractivity contribution is 5.72. The van der Waals surface area contributed by atoms with Crippen LogP contribution in [-0.2, 0) is 4.79 Å². The monoisotopic (exact) mass is 271 g/mol. The number of azide groups is 1. The summed E-state index contributed by atoms with van der Waals surface area (Å²) >= 11 is 0. The van der Waals surface area contributed by atoms with Gasteiger partial charge >= 0.3 is 5.97 Å². The topological polar surface area (TPSA) is 106 Å². The van der Waals surface area contributed by atoms with Crippen molar-refractivity contribution < 1.29 is 15.0 Å². The minimum Gasteiger partial charge on any atom is -0.479 e. The summed E-state index contributed by atoms with van der Waals surface area (Å²) in [5.74, 6) is -1.34. The number of aliphatic carboxylic acids is 1. The van der Waals surface area contributed by atoms with Crippen LogP contribution in [0.3, 0.4) is 0 Å². The van der Waals surface area contributed by atoms with Crippen molar-refractivity contribution in [3.63, 3.8) is 0 Å². The number of hydrogen-bond acceptors (Lipinski definition) is 3. The molecule has 0 aromatic rings. The highest BCUT2D eigenvalue weighted by Gasteiger charge is 2.23. The molecule has 0 amide bonds. The first-order chi connectivity index (χ1) is 9.13. The molecular weight excluding hydrogens is 246 g/mol. The van der Waals surface area contributed by atoms with Crippen molar-refractivity contribution in [3.8, 4) is 0 Å². The average molecular weight is 271 g/mol. The molecule has 0 heterocycles. The lowest BCUT2D eigenvalue weighted by molar-refractivity contribution is -0.147. The van der Waals surface area contributed by atoms with Crippen molar-refractivity contribution in [2.75, 3.05) is 0 Å². The minimum atomic E-state index is -1.60. The Morgan fingerprint density at radius 2 is 1.68 bits per heavy atom. The van der Waals surface area contributed by atoms with E-state index in [2.05, 4.69) is 16.9 Å². The molecule has 0 fully saturated rings. The summed E-state index contributed by atoms with van der Waals surface area (Å²) in [6.45, 7) is 2.18. The molecule has 2 N–H and O–H groups in total. The van der Waals surface area contributed by atoms with Gasteiger partial charge in [0.15, 0.2) is 6.10 Å². The number of rotatable bonds is 12. The zero-order chi connectivity index (χ0) is 14.5. The molecule has 0 aliphatic carbocycles. The maximum absolute atomic E-state index is 10.6. The lowest BCUT2D eigenvalue weighted by Crippen LogP contribution is -2.32. The first kappa shape index (κ1) is 17.7. The summed E-state index contributed by atoms with van der Waals surface area (Å²) in [6, 6.07) is -0.859. The van der Waals surface area contributed by atoms with Gasteiger partial charge in [-0.3, -0.25) is 0 Å². The van der Waals surface area contributed by atoms with E-state index in [9.17, 15) is 9.90 Å². The number of aliphatic hydroxyl groups excluding tert-OH is 1. The van der Waals surface area contributed by atoms with Gasteiger partial charge in [-0.05, 0) is 12.0 Å². The van der Waals surface area contributed by atoms with Gasteiger partial charge in [0.2, 0.25) is 0 Å². The summed E-state index contributed by atoms with van der Waals surface area (Å²) in [6.07, 6.45) is 7.92. The molecular formula is C13H25N3O3. The van der Waals surface area contributed by atoms with E-state index in [-0.39, 0.29) is 0 Å². The number of hydrogen-bond donors (Lipinski definition) is 2. The Bertz CT molecular complexity index is 291.